The molecule has 0 aromatic heterocycles. The van der Waals surface area contributed by atoms with Crippen molar-refractivity contribution in [2.45, 2.75) is 90.1 Å². The lowest BCUT2D eigenvalue weighted by Gasteiger charge is -2.47. The molecule has 310 valence electrons. The van der Waals surface area contributed by atoms with Crippen LogP contribution in [0.3, 0.4) is 0 Å². The van der Waals surface area contributed by atoms with E-state index in [-0.39, 0.29) is 17.6 Å². The van der Waals surface area contributed by atoms with Gasteiger partial charge in [0.2, 0.25) is 11.8 Å². The van der Waals surface area contributed by atoms with Crippen LogP contribution in [0, 0.1) is 12.0 Å². The van der Waals surface area contributed by atoms with E-state index in [1.54, 1.807) is 23.6 Å². The van der Waals surface area contributed by atoms with Gasteiger partial charge in [-0.2, -0.15) is 0 Å². The van der Waals surface area contributed by atoms with E-state index in [9.17, 15) is 19.2 Å². The molecule has 2 aliphatic heterocycles. The van der Waals surface area contributed by atoms with Crippen molar-refractivity contribution in [2.24, 2.45) is 0 Å². The summed E-state index contributed by atoms with van der Waals surface area (Å²) >= 11 is 0. The van der Waals surface area contributed by atoms with E-state index in [0.29, 0.717) is 57.3 Å². The number of nitrogens with zero attached hydrogens (tertiary/aromatic N) is 4. The number of carbonyl (C=O) groups excluding carboxylic acids is 4. The van der Waals surface area contributed by atoms with Crippen LogP contribution in [0.1, 0.15) is 77.3 Å². The molecule has 2 fully saturated rings. The van der Waals surface area contributed by atoms with Crippen molar-refractivity contribution in [2.75, 3.05) is 49.1 Å². The maximum atomic E-state index is 13.3. The molecule has 0 radical (unpaired) electrons. The van der Waals surface area contributed by atoms with Gasteiger partial charge in [0.15, 0.2) is 5.78 Å². The average molecular weight is 797 g/mol. The minimum Gasteiger partial charge on any atom is -0.370 e. The van der Waals surface area contributed by atoms with Gasteiger partial charge >= 0.3 is 5.97 Å². The number of benzene rings is 4. The van der Waals surface area contributed by atoms with Crippen molar-refractivity contribution in [1.29, 1.82) is 0 Å². The lowest BCUT2D eigenvalue weighted by Crippen LogP contribution is -2.62. The number of esters is 1. The second-order valence-corrected chi connectivity index (χ2v) is 15.4. The molecule has 2 heterocycles. The van der Waals surface area contributed by atoms with Crippen LogP contribution < -0.4 is 9.80 Å². The van der Waals surface area contributed by atoms with Crippen molar-refractivity contribution in [1.82, 2.24) is 9.80 Å². The van der Waals surface area contributed by atoms with E-state index in [0.717, 1.165) is 44.7 Å². The zero-order valence-corrected chi connectivity index (χ0v) is 35.3. The summed E-state index contributed by atoms with van der Waals surface area (Å²) < 4.78 is 5.28. The molecule has 2 aliphatic rings. The molecule has 0 aliphatic carbocycles. The van der Waals surface area contributed by atoms with Gasteiger partial charge in [0.05, 0.1) is 0 Å². The van der Waals surface area contributed by atoms with Crippen molar-refractivity contribution < 1.29 is 23.9 Å². The summed E-state index contributed by atoms with van der Waals surface area (Å²) in [5.74, 6) is 2.17. The normalized spacial score (nSPS) is 15.9. The molecule has 4 aromatic carbocycles. The molecule has 0 bridgehead atoms. The van der Waals surface area contributed by atoms with Crippen LogP contribution >= 0.6 is 0 Å². The fourth-order valence-electron chi connectivity index (χ4n) is 8.33. The molecule has 59 heavy (non-hydrogen) atoms. The van der Waals surface area contributed by atoms with Crippen LogP contribution in [0.5, 0.6) is 0 Å². The Balaban J connectivity index is 0.000000225. The summed E-state index contributed by atoms with van der Waals surface area (Å²) in [7, 11) is 0. The van der Waals surface area contributed by atoms with Crippen LogP contribution in [-0.4, -0.2) is 83.7 Å². The number of piperidine rings is 2. The Morgan fingerprint density at radius 3 is 1.29 bits per heavy atom. The second-order valence-electron chi connectivity index (χ2n) is 15.4. The van der Waals surface area contributed by atoms with Crippen LogP contribution in [0.25, 0.3) is 0 Å². The van der Waals surface area contributed by atoms with E-state index in [4.69, 9.17) is 4.74 Å². The van der Waals surface area contributed by atoms with E-state index < -0.39 is 17.0 Å². The molecule has 0 atom stereocenters. The lowest BCUT2D eigenvalue weighted by atomic mass is 9.81. The molecule has 4 aromatic rings. The molecule has 9 heteroatoms. The van der Waals surface area contributed by atoms with Crippen molar-refractivity contribution in [3.8, 4) is 12.0 Å². The summed E-state index contributed by atoms with van der Waals surface area (Å²) in [6, 6.07) is 39.9. The number of carbonyl (C=O) groups is 4. The maximum absolute atomic E-state index is 13.3. The number of ketones is 1. The maximum Gasteiger partial charge on any atom is 0.346 e. The fourth-order valence-corrected chi connectivity index (χ4v) is 8.33. The number of amides is 2. The molecule has 0 N–H and O–H groups in total. The molecule has 2 amide bonds. The SMILES string of the molecule is CC#COC(=O)C1(N(C(=O)CC)c2ccccc2)CCN(CCc2ccccc2)CC1.CCC(=O)N(c1ccccc1)C1(C(C)=O)CCN(CCc2ccccc2)CC1. The van der Waals surface area contributed by atoms with Crippen LogP contribution in [0.15, 0.2) is 121 Å². The van der Waals surface area contributed by atoms with Gasteiger partial charge in [-0.15, -0.1) is 0 Å². The van der Waals surface area contributed by atoms with Crippen molar-refractivity contribution in [3.05, 3.63) is 132 Å². The van der Waals surface area contributed by atoms with E-state index in [1.807, 2.05) is 86.6 Å². The highest BCUT2D eigenvalue weighted by Crippen LogP contribution is 2.37. The molecule has 2 saturated heterocycles. The molecular formula is C50H60N4O5. The summed E-state index contributed by atoms with van der Waals surface area (Å²) in [5, 5.41) is 0. The predicted molar refractivity (Wildman–Crippen MR) is 236 cm³/mol. The number of hydrogen-bond acceptors (Lipinski definition) is 7. The highest BCUT2D eigenvalue weighted by molar-refractivity contribution is 6.04. The van der Waals surface area contributed by atoms with Gasteiger partial charge in [0.25, 0.3) is 0 Å². The third-order valence-electron chi connectivity index (χ3n) is 11.8. The summed E-state index contributed by atoms with van der Waals surface area (Å²) in [6.07, 6.45) is 7.47. The molecule has 0 unspecified atom stereocenters. The van der Waals surface area contributed by atoms with E-state index in [2.05, 4.69) is 70.4 Å². The van der Waals surface area contributed by atoms with Crippen LogP contribution in [0.4, 0.5) is 11.4 Å². The summed E-state index contributed by atoms with van der Waals surface area (Å²) in [4.78, 5) is 60.2. The minimum atomic E-state index is -1.05. The zero-order valence-electron chi connectivity index (χ0n) is 35.3. The molecule has 0 spiro atoms. The Morgan fingerprint density at radius 1 is 0.576 bits per heavy atom. The van der Waals surface area contributed by atoms with Crippen LogP contribution in [-0.2, 0) is 36.8 Å². The molecule has 9 nitrogen and oxygen atoms in total. The average Bonchev–Trinajstić information content (AvgIpc) is 3.29. The Hall–Kier alpha value is -5.56. The van der Waals surface area contributed by atoms with Gasteiger partial charge in [-0.3, -0.25) is 24.2 Å². The first-order chi connectivity index (χ1) is 28.7. The fraction of sp³-hybridized carbons (Fsp3) is 0.400. The first kappa shape index (κ1) is 44.5. The molecule has 6 rings (SSSR count). The first-order valence-electron chi connectivity index (χ1n) is 21.1. The van der Waals surface area contributed by atoms with Gasteiger partial charge in [-0.25, -0.2) is 4.79 Å². The van der Waals surface area contributed by atoms with E-state index in [1.165, 1.54) is 11.1 Å². The lowest BCUT2D eigenvalue weighted by molar-refractivity contribution is -0.147. The Kier molecular flexibility index (Phi) is 16.6. The Morgan fingerprint density at radius 2 is 0.932 bits per heavy atom. The quantitative estimate of drug-likeness (QED) is 0.0941. The monoisotopic (exact) mass is 796 g/mol. The Bertz CT molecular complexity index is 2000. The number of para-hydroxylation sites is 2. The number of ether oxygens (including phenoxy) is 1. The Labute approximate surface area is 351 Å². The summed E-state index contributed by atoms with van der Waals surface area (Å²) in [5.41, 5.74) is 2.37. The standard InChI is InChI=1S/C26H30N2O3.C24H30N2O2/c1-3-21-31-25(30)26(28(24(29)4-2)23-13-9-6-10-14-23)16-19-27(20-17-26)18-15-22-11-7-5-8-12-22;1-3-23(28)26(22-12-8-5-9-13-22)24(20(2)27)15-18-25(19-16-24)17-14-21-10-6-4-7-11-21/h5-14H,4,15-20H2,1-2H3;4-13H,3,14-19H2,1-2H3. The van der Waals surface area contributed by atoms with Gasteiger partial charge in [0, 0.05) is 70.4 Å². The number of anilines is 2. The molecular weight excluding hydrogens is 737 g/mol. The van der Waals surface area contributed by atoms with Gasteiger partial charge in [0.1, 0.15) is 17.2 Å². The summed E-state index contributed by atoms with van der Waals surface area (Å²) in [6.45, 7) is 11.9. The third-order valence-corrected chi connectivity index (χ3v) is 11.8. The predicted octanol–water partition coefficient (Wildman–Crippen LogP) is 8.13. The van der Waals surface area contributed by atoms with Crippen molar-refractivity contribution >= 4 is 34.9 Å². The number of Topliss-reactive ketones (excluding diaryl/α,β-unsaturated/α-hetero) is 1. The topological polar surface area (TPSA) is 90.5 Å². The van der Waals surface area contributed by atoms with Crippen molar-refractivity contribution in [3.63, 3.8) is 0 Å². The number of rotatable bonds is 14. The first-order valence-corrected chi connectivity index (χ1v) is 21.1. The number of hydrogen-bond donors (Lipinski definition) is 0. The number of likely N-dealkylation sites (tertiary alicyclic amines) is 2. The highest BCUT2D eigenvalue weighted by Gasteiger charge is 2.50. The zero-order chi connectivity index (χ0) is 42.1. The second kappa shape index (κ2) is 22.0. The largest absolute Gasteiger partial charge is 0.370 e. The van der Waals surface area contributed by atoms with Crippen LogP contribution in [0.2, 0.25) is 0 Å². The van der Waals surface area contributed by atoms with Gasteiger partial charge in [-0.1, -0.05) is 117 Å². The van der Waals surface area contributed by atoms with E-state index >= 15 is 0 Å². The highest BCUT2D eigenvalue weighted by atomic mass is 16.5. The minimum absolute atomic E-state index is 0.0131. The van der Waals surface area contributed by atoms with Gasteiger partial charge in [-0.05, 0) is 80.8 Å². The third kappa shape index (κ3) is 11.3. The smallest absolute Gasteiger partial charge is 0.346 e. The van der Waals surface area contributed by atoms with Gasteiger partial charge < -0.3 is 14.5 Å². The molecule has 0 saturated carbocycles.